The molecule has 1 amide bonds. The van der Waals surface area contributed by atoms with Crippen molar-refractivity contribution in [2.24, 2.45) is 0 Å². The number of carbonyl (C=O) groups is 1. The Morgan fingerprint density at radius 2 is 1.97 bits per heavy atom. The summed E-state index contributed by atoms with van der Waals surface area (Å²) in [5.41, 5.74) is 1.79. The van der Waals surface area contributed by atoms with Crippen molar-refractivity contribution in [1.29, 1.82) is 0 Å². The van der Waals surface area contributed by atoms with Crippen molar-refractivity contribution in [3.8, 4) is 5.75 Å². The fourth-order valence-corrected chi connectivity index (χ4v) is 4.36. The van der Waals surface area contributed by atoms with Crippen LogP contribution in [0.15, 0.2) is 48.5 Å². The maximum absolute atomic E-state index is 12.8. The highest BCUT2D eigenvalue weighted by molar-refractivity contribution is 7.09. The standard InChI is InChI=1S/C22H23ClN4O2S/c1-29-19-5-2-4-16(14-19)15-20-24-22(30-25-20)27-11-3-10-26(12-13-27)21(28)17-6-8-18(23)9-7-17/h2,4-9,14H,3,10-13,15H2,1H3. The third-order valence-electron chi connectivity index (χ3n) is 5.10. The molecule has 0 atom stereocenters. The van der Waals surface area contributed by atoms with Gasteiger partial charge in [0.2, 0.25) is 5.13 Å². The number of ether oxygens (including phenoxy) is 1. The molecule has 1 fully saturated rings. The van der Waals surface area contributed by atoms with E-state index < -0.39 is 0 Å². The minimum Gasteiger partial charge on any atom is -0.497 e. The van der Waals surface area contributed by atoms with Crippen molar-refractivity contribution < 1.29 is 9.53 Å². The highest BCUT2D eigenvalue weighted by Crippen LogP contribution is 2.22. The molecule has 8 heteroatoms. The van der Waals surface area contributed by atoms with Gasteiger partial charge in [-0.25, -0.2) is 4.98 Å². The lowest BCUT2D eigenvalue weighted by Gasteiger charge is -2.21. The Kier molecular flexibility index (Phi) is 6.50. The molecule has 4 rings (SSSR count). The third-order valence-corrected chi connectivity index (χ3v) is 6.17. The smallest absolute Gasteiger partial charge is 0.253 e. The van der Waals surface area contributed by atoms with E-state index in [1.54, 1.807) is 31.4 Å². The minimum absolute atomic E-state index is 0.0458. The number of anilines is 1. The van der Waals surface area contributed by atoms with Crippen LogP contribution in [0.2, 0.25) is 5.02 Å². The van der Waals surface area contributed by atoms with Crippen molar-refractivity contribution in [3.63, 3.8) is 0 Å². The van der Waals surface area contributed by atoms with Gasteiger partial charge in [-0.3, -0.25) is 4.79 Å². The van der Waals surface area contributed by atoms with Crippen LogP contribution in [0, 0.1) is 0 Å². The Morgan fingerprint density at radius 1 is 1.13 bits per heavy atom. The van der Waals surface area contributed by atoms with Crippen LogP contribution in [-0.2, 0) is 6.42 Å². The van der Waals surface area contributed by atoms with Crippen LogP contribution in [0.3, 0.4) is 0 Å². The number of amides is 1. The topological polar surface area (TPSA) is 58.6 Å². The maximum Gasteiger partial charge on any atom is 0.253 e. The van der Waals surface area contributed by atoms with Crippen molar-refractivity contribution in [2.45, 2.75) is 12.8 Å². The molecule has 1 saturated heterocycles. The van der Waals surface area contributed by atoms with E-state index in [1.807, 2.05) is 23.1 Å². The summed E-state index contributed by atoms with van der Waals surface area (Å²) in [7, 11) is 1.67. The molecule has 0 unspecified atom stereocenters. The highest BCUT2D eigenvalue weighted by Gasteiger charge is 2.22. The van der Waals surface area contributed by atoms with Crippen LogP contribution in [0.5, 0.6) is 5.75 Å². The monoisotopic (exact) mass is 442 g/mol. The molecular formula is C22H23ClN4O2S. The Morgan fingerprint density at radius 3 is 2.77 bits per heavy atom. The predicted octanol–water partition coefficient (Wildman–Crippen LogP) is 4.14. The second kappa shape index (κ2) is 9.45. The summed E-state index contributed by atoms with van der Waals surface area (Å²) < 4.78 is 9.83. The fourth-order valence-electron chi connectivity index (χ4n) is 3.50. The normalized spacial score (nSPS) is 14.5. The lowest BCUT2D eigenvalue weighted by atomic mass is 10.1. The van der Waals surface area contributed by atoms with Gasteiger partial charge in [-0.05, 0) is 48.4 Å². The summed E-state index contributed by atoms with van der Waals surface area (Å²) in [6.45, 7) is 2.99. The summed E-state index contributed by atoms with van der Waals surface area (Å²) in [6.07, 6.45) is 1.56. The molecule has 0 aliphatic carbocycles. The van der Waals surface area contributed by atoms with Crippen LogP contribution < -0.4 is 9.64 Å². The zero-order chi connectivity index (χ0) is 20.9. The first-order chi connectivity index (χ1) is 14.6. The Balaban J connectivity index is 1.38. The molecule has 1 aliphatic heterocycles. The van der Waals surface area contributed by atoms with Crippen LogP contribution in [0.1, 0.15) is 28.2 Å². The van der Waals surface area contributed by atoms with Crippen LogP contribution in [0.4, 0.5) is 5.13 Å². The van der Waals surface area contributed by atoms with E-state index in [-0.39, 0.29) is 5.91 Å². The van der Waals surface area contributed by atoms with Gasteiger partial charge in [-0.2, -0.15) is 4.37 Å². The van der Waals surface area contributed by atoms with Gasteiger partial charge in [0, 0.05) is 54.7 Å². The second-order valence-electron chi connectivity index (χ2n) is 7.16. The van der Waals surface area contributed by atoms with Gasteiger partial charge in [0.15, 0.2) is 0 Å². The quantitative estimate of drug-likeness (QED) is 0.594. The van der Waals surface area contributed by atoms with Gasteiger partial charge >= 0.3 is 0 Å². The number of hydrogen-bond acceptors (Lipinski definition) is 6. The van der Waals surface area contributed by atoms with E-state index in [1.165, 1.54) is 11.5 Å². The summed E-state index contributed by atoms with van der Waals surface area (Å²) in [4.78, 5) is 21.7. The van der Waals surface area contributed by atoms with Crippen molar-refractivity contribution in [3.05, 3.63) is 70.5 Å². The number of benzene rings is 2. The molecule has 1 aromatic heterocycles. The Bertz CT molecular complexity index is 1010. The van der Waals surface area contributed by atoms with E-state index in [0.29, 0.717) is 23.6 Å². The van der Waals surface area contributed by atoms with Gasteiger partial charge in [0.05, 0.1) is 7.11 Å². The van der Waals surface area contributed by atoms with Crippen LogP contribution in [-0.4, -0.2) is 53.5 Å². The van der Waals surface area contributed by atoms with E-state index in [0.717, 1.165) is 48.3 Å². The molecule has 3 aromatic rings. The SMILES string of the molecule is COc1cccc(Cc2nsc(N3CCCN(C(=O)c4ccc(Cl)cc4)CC3)n2)c1. The molecule has 2 heterocycles. The van der Waals surface area contributed by atoms with Crippen LogP contribution >= 0.6 is 23.1 Å². The van der Waals surface area contributed by atoms with Gasteiger partial charge in [-0.15, -0.1) is 0 Å². The van der Waals surface area contributed by atoms with Gasteiger partial charge in [0.1, 0.15) is 11.6 Å². The molecule has 2 aromatic carbocycles. The second-order valence-corrected chi connectivity index (χ2v) is 8.33. The van der Waals surface area contributed by atoms with E-state index in [4.69, 9.17) is 21.3 Å². The zero-order valence-electron chi connectivity index (χ0n) is 16.8. The lowest BCUT2D eigenvalue weighted by molar-refractivity contribution is 0.0767. The lowest BCUT2D eigenvalue weighted by Crippen LogP contribution is -2.35. The first-order valence-corrected chi connectivity index (χ1v) is 11.0. The van der Waals surface area contributed by atoms with Gasteiger partial charge in [-0.1, -0.05) is 23.7 Å². The summed E-state index contributed by atoms with van der Waals surface area (Å²) >= 11 is 7.35. The third kappa shape index (κ3) is 4.91. The van der Waals surface area contributed by atoms with E-state index >= 15 is 0 Å². The molecule has 0 saturated carbocycles. The molecular weight excluding hydrogens is 420 g/mol. The first kappa shape index (κ1) is 20.6. The molecule has 6 nitrogen and oxygen atoms in total. The zero-order valence-corrected chi connectivity index (χ0v) is 18.3. The molecule has 0 radical (unpaired) electrons. The van der Waals surface area contributed by atoms with Gasteiger partial charge in [0.25, 0.3) is 5.91 Å². The highest BCUT2D eigenvalue weighted by atomic mass is 35.5. The van der Waals surface area contributed by atoms with Crippen LogP contribution in [0.25, 0.3) is 0 Å². The predicted molar refractivity (Wildman–Crippen MR) is 120 cm³/mol. The number of nitrogens with zero attached hydrogens (tertiary/aromatic N) is 4. The Hall–Kier alpha value is -2.64. The molecule has 156 valence electrons. The van der Waals surface area contributed by atoms with Gasteiger partial charge < -0.3 is 14.5 Å². The first-order valence-electron chi connectivity index (χ1n) is 9.87. The summed E-state index contributed by atoms with van der Waals surface area (Å²) in [5.74, 6) is 1.69. The van der Waals surface area contributed by atoms with Crippen molar-refractivity contribution >= 4 is 34.2 Å². The average molecular weight is 443 g/mol. The van der Waals surface area contributed by atoms with E-state index in [9.17, 15) is 4.79 Å². The molecule has 0 bridgehead atoms. The Labute approximate surface area is 185 Å². The summed E-state index contributed by atoms with van der Waals surface area (Å²) in [5, 5.41) is 1.54. The van der Waals surface area contributed by atoms with Crippen molar-refractivity contribution in [1.82, 2.24) is 14.3 Å². The van der Waals surface area contributed by atoms with Crippen molar-refractivity contribution in [2.75, 3.05) is 38.2 Å². The molecule has 0 spiro atoms. The summed E-state index contributed by atoms with van der Waals surface area (Å²) in [6, 6.07) is 15.0. The number of aromatic nitrogens is 2. The fraction of sp³-hybridized carbons (Fsp3) is 0.318. The maximum atomic E-state index is 12.8. The number of hydrogen-bond donors (Lipinski definition) is 0. The minimum atomic E-state index is 0.0458. The van der Waals surface area contributed by atoms with E-state index in [2.05, 4.69) is 15.3 Å². The number of halogens is 1. The molecule has 1 aliphatic rings. The average Bonchev–Trinajstić information content (AvgIpc) is 3.08. The largest absolute Gasteiger partial charge is 0.497 e. The molecule has 30 heavy (non-hydrogen) atoms. The number of methoxy groups -OCH3 is 1. The number of carbonyl (C=O) groups excluding carboxylic acids is 1. The molecule has 0 N–H and O–H groups in total. The number of rotatable bonds is 5.